The van der Waals surface area contributed by atoms with Crippen LogP contribution in [-0.2, 0) is 11.2 Å². The average Bonchev–Trinajstić information content (AvgIpc) is 3.41. The van der Waals surface area contributed by atoms with Crippen LogP contribution in [0, 0.1) is 23.2 Å². The standard InChI is InChI=1S/C32H27ClN4O3/c33-26-10-7-22(8-11-26)30-29(14-20-3-6-24(13-20)32(39)40)35-28-15-23(9-12-27(28)36-30)31(38)37-17-25(18-37)21-4-1-19(16-34)2-5-21/h1-2,4-5,7-12,15,20,24-25H,3,6,13-14,17-18H2,(H,39,40). The molecule has 1 saturated carbocycles. The van der Waals surface area contributed by atoms with Crippen LogP contribution in [0.15, 0.2) is 66.7 Å². The van der Waals surface area contributed by atoms with Gasteiger partial charge in [-0.15, -0.1) is 0 Å². The summed E-state index contributed by atoms with van der Waals surface area (Å²) in [5.41, 5.74) is 6.13. The largest absolute Gasteiger partial charge is 0.481 e. The second-order valence-corrected chi connectivity index (χ2v) is 11.2. The first-order valence-electron chi connectivity index (χ1n) is 13.5. The molecular weight excluding hydrogens is 524 g/mol. The highest BCUT2D eigenvalue weighted by molar-refractivity contribution is 6.30. The number of carbonyl (C=O) groups excluding carboxylic acids is 1. The molecule has 8 heteroatoms. The second-order valence-electron chi connectivity index (χ2n) is 10.8. The van der Waals surface area contributed by atoms with Gasteiger partial charge in [0.2, 0.25) is 0 Å². The van der Waals surface area contributed by atoms with Crippen molar-refractivity contribution in [1.82, 2.24) is 14.9 Å². The Balaban J connectivity index is 1.26. The predicted molar refractivity (Wildman–Crippen MR) is 152 cm³/mol. The zero-order valence-electron chi connectivity index (χ0n) is 21.8. The normalized spacial score (nSPS) is 18.9. The lowest BCUT2D eigenvalue weighted by Gasteiger charge is -2.39. The minimum atomic E-state index is -0.736. The van der Waals surface area contributed by atoms with Crippen LogP contribution in [-0.4, -0.2) is 44.9 Å². The Kier molecular flexibility index (Phi) is 6.95. The van der Waals surface area contributed by atoms with Crippen LogP contribution in [0.1, 0.15) is 52.4 Å². The molecule has 0 spiro atoms. The molecule has 2 atom stereocenters. The number of halogens is 1. The number of carboxylic acid groups (broad SMARTS) is 1. The van der Waals surface area contributed by atoms with Crippen LogP contribution >= 0.6 is 11.6 Å². The number of aliphatic carboxylic acids is 1. The number of likely N-dealkylation sites (tertiary alicyclic amines) is 1. The molecule has 2 heterocycles. The van der Waals surface area contributed by atoms with E-state index in [4.69, 9.17) is 26.8 Å². The summed E-state index contributed by atoms with van der Waals surface area (Å²) in [6, 6.07) is 22.6. The highest BCUT2D eigenvalue weighted by Crippen LogP contribution is 2.36. The molecule has 2 aliphatic rings. The first-order chi connectivity index (χ1) is 19.4. The van der Waals surface area contributed by atoms with Gasteiger partial charge in [0.25, 0.3) is 5.91 Å². The monoisotopic (exact) mass is 550 g/mol. The van der Waals surface area contributed by atoms with Gasteiger partial charge in [0.1, 0.15) is 0 Å². The highest BCUT2D eigenvalue weighted by atomic mass is 35.5. The number of nitriles is 1. The molecule has 4 aromatic rings. The van der Waals surface area contributed by atoms with Gasteiger partial charge in [-0.3, -0.25) is 9.59 Å². The number of benzene rings is 3. The lowest BCUT2D eigenvalue weighted by atomic mass is 9.90. The van der Waals surface area contributed by atoms with Crippen molar-refractivity contribution in [3.05, 3.63) is 94.1 Å². The van der Waals surface area contributed by atoms with Gasteiger partial charge in [0.05, 0.1) is 40.0 Å². The van der Waals surface area contributed by atoms with Gasteiger partial charge in [-0.25, -0.2) is 9.97 Å². The molecule has 0 radical (unpaired) electrons. The number of aromatic nitrogens is 2. The van der Waals surface area contributed by atoms with Crippen molar-refractivity contribution < 1.29 is 14.7 Å². The number of carbonyl (C=O) groups is 2. The Hall–Kier alpha value is -4.28. The summed E-state index contributed by atoms with van der Waals surface area (Å²) in [7, 11) is 0. The van der Waals surface area contributed by atoms with Crippen molar-refractivity contribution in [2.75, 3.05) is 13.1 Å². The van der Waals surface area contributed by atoms with Crippen LogP contribution in [0.3, 0.4) is 0 Å². The molecule has 1 N–H and O–H groups in total. The Morgan fingerprint density at radius 2 is 1.73 bits per heavy atom. The van der Waals surface area contributed by atoms with Crippen LogP contribution in [0.2, 0.25) is 5.02 Å². The van der Waals surface area contributed by atoms with E-state index in [9.17, 15) is 14.7 Å². The van der Waals surface area contributed by atoms with Crippen molar-refractivity contribution in [2.45, 2.75) is 31.6 Å². The van der Waals surface area contributed by atoms with Crippen LogP contribution in [0.4, 0.5) is 0 Å². The van der Waals surface area contributed by atoms with Crippen LogP contribution in [0.25, 0.3) is 22.3 Å². The van der Waals surface area contributed by atoms with E-state index in [0.717, 1.165) is 28.9 Å². The van der Waals surface area contributed by atoms with Gasteiger partial charge >= 0.3 is 5.97 Å². The number of amides is 1. The van der Waals surface area contributed by atoms with Gasteiger partial charge in [0.15, 0.2) is 0 Å². The number of rotatable bonds is 6. The third-order valence-corrected chi connectivity index (χ3v) is 8.41. The van der Waals surface area contributed by atoms with E-state index in [1.165, 1.54) is 0 Å². The number of hydrogen-bond donors (Lipinski definition) is 1. The summed E-state index contributed by atoms with van der Waals surface area (Å²) in [4.78, 5) is 36.6. The lowest BCUT2D eigenvalue weighted by molar-refractivity contribution is -0.141. The number of carboxylic acids is 1. The summed E-state index contributed by atoms with van der Waals surface area (Å²) < 4.78 is 0. The zero-order valence-corrected chi connectivity index (χ0v) is 22.5. The Labute approximate surface area is 237 Å². The fraction of sp³-hybridized carbons (Fsp3) is 0.281. The van der Waals surface area contributed by atoms with E-state index in [-0.39, 0.29) is 23.7 Å². The van der Waals surface area contributed by atoms with Gasteiger partial charge in [0, 0.05) is 35.2 Å². The molecular formula is C32H27ClN4O3. The second kappa shape index (κ2) is 10.7. The summed E-state index contributed by atoms with van der Waals surface area (Å²) in [6.45, 7) is 1.25. The number of nitrogens with zero attached hydrogens (tertiary/aromatic N) is 4. The van der Waals surface area contributed by atoms with Gasteiger partial charge in [-0.1, -0.05) is 35.9 Å². The predicted octanol–water partition coefficient (Wildman–Crippen LogP) is 6.10. The third kappa shape index (κ3) is 5.15. The third-order valence-electron chi connectivity index (χ3n) is 8.15. The quantitative estimate of drug-likeness (QED) is 0.310. The number of fused-ring (bicyclic) bond motifs is 1. The summed E-state index contributed by atoms with van der Waals surface area (Å²) in [5, 5.41) is 19.1. The molecule has 1 aromatic heterocycles. The van der Waals surface area contributed by atoms with Crippen LogP contribution in [0.5, 0.6) is 0 Å². The molecule has 40 heavy (non-hydrogen) atoms. The Morgan fingerprint density at radius 3 is 2.40 bits per heavy atom. The zero-order chi connectivity index (χ0) is 27.8. The first kappa shape index (κ1) is 26.0. The Morgan fingerprint density at radius 1 is 0.975 bits per heavy atom. The fourth-order valence-corrected chi connectivity index (χ4v) is 5.96. The number of hydrogen-bond acceptors (Lipinski definition) is 5. The minimum Gasteiger partial charge on any atom is -0.481 e. The van der Waals surface area contributed by atoms with E-state index in [1.807, 2.05) is 65.6 Å². The molecule has 6 rings (SSSR count). The molecule has 1 amide bonds. The van der Waals surface area contributed by atoms with E-state index < -0.39 is 5.97 Å². The summed E-state index contributed by atoms with van der Waals surface area (Å²) in [5.74, 6) is -0.626. The molecule has 1 aliphatic carbocycles. The van der Waals surface area contributed by atoms with E-state index >= 15 is 0 Å². The average molecular weight is 551 g/mol. The molecule has 1 saturated heterocycles. The van der Waals surface area contributed by atoms with E-state index in [1.54, 1.807) is 6.07 Å². The highest BCUT2D eigenvalue weighted by Gasteiger charge is 2.33. The molecule has 3 aromatic carbocycles. The fourth-order valence-electron chi connectivity index (χ4n) is 5.83. The SMILES string of the molecule is N#Cc1ccc(C2CN(C(=O)c3ccc4nc(-c5ccc(Cl)cc5)c(CC5CCC(C(=O)O)C5)nc4c3)C2)cc1. The maximum Gasteiger partial charge on any atom is 0.306 e. The van der Waals surface area contributed by atoms with Crippen molar-refractivity contribution in [1.29, 1.82) is 5.26 Å². The van der Waals surface area contributed by atoms with E-state index in [0.29, 0.717) is 59.5 Å². The maximum absolute atomic E-state index is 13.3. The van der Waals surface area contributed by atoms with Gasteiger partial charge < -0.3 is 10.0 Å². The van der Waals surface area contributed by atoms with Crippen molar-refractivity contribution in [3.8, 4) is 17.3 Å². The maximum atomic E-state index is 13.3. The molecule has 2 unspecified atom stereocenters. The summed E-state index contributed by atoms with van der Waals surface area (Å²) >= 11 is 6.12. The molecule has 200 valence electrons. The minimum absolute atomic E-state index is 0.0444. The molecule has 1 aliphatic heterocycles. The van der Waals surface area contributed by atoms with Gasteiger partial charge in [-0.05, 0) is 79.6 Å². The van der Waals surface area contributed by atoms with Crippen molar-refractivity contribution in [3.63, 3.8) is 0 Å². The van der Waals surface area contributed by atoms with Gasteiger partial charge in [-0.2, -0.15) is 5.26 Å². The van der Waals surface area contributed by atoms with Crippen LogP contribution < -0.4 is 0 Å². The van der Waals surface area contributed by atoms with E-state index in [2.05, 4.69) is 6.07 Å². The molecule has 7 nitrogen and oxygen atoms in total. The lowest BCUT2D eigenvalue weighted by Crippen LogP contribution is -2.48. The first-order valence-corrected chi connectivity index (χ1v) is 13.8. The Bertz CT molecular complexity index is 1640. The van der Waals surface area contributed by atoms with Crippen molar-refractivity contribution >= 4 is 34.5 Å². The molecule has 2 fully saturated rings. The summed E-state index contributed by atoms with van der Waals surface area (Å²) in [6.07, 6.45) is 2.77. The smallest absolute Gasteiger partial charge is 0.306 e. The molecule has 0 bridgehead atoms. The van der Waals surface area contributed by atoms with Crippen molar-refractivity contribution in [2.24, 2.45) is 11.8 Å². The topological polar surface area (TPSA) is 107 Å².